The third kappa shape index (κ3) is 2.52. The summed E-state index contributed by atoms with van der Waals surface area (Å²) in [5.41, 5.74) is 2.57. The number of hydrogen-bond acceptors (Lipinski definition) is 7. The molecular formula is C18H11N2O5S-. The van der Waals surface area contributed by atoms with E-state index in [4.69, 9.17) is 5.41 Å². The van der Waals surface area contributed by atoms with Crippen molar-refractivity contribution in [3.63, 3.8) is 0 Å². The molecule has 7 nitrogen and oxygen atoms in total. The van der Waals surface area contributed by atoms with Crippen molar-refractivity contribution in [1.29, 1.82) is 5.41 Å². The second-order valence-corrected chi connectivity index (χ2v) is 6.37. The molecule has 0 saturated carbocycles. The number of aromatic amines is 1. The Morgan fingerprint density at radius 3 is 2.42 bits per heavy atom. The Balaban J connectivity index is 1.81. The number of aromatic hydroxyl groups is 1. The van der Waals surface area contributed by atoms with Crippen LogP contribution >= 0.6 is 12.0 Å². The number of rotatable bonds is 4. The number of fused-ring (bicyclic) bond motifs is 2. The highest BCUT2D eigenvalue weighted by molar-refractivity contribution is 7.94. The molecule has 3 N–H and O–H groups in total. The van der Waals surface area contributed by atoms with Gasteiger partial charge >= 0.3 is 0 Å². The largest absolute Gasteiger partial charge is 0.691 e. The summed E-state index contributed by atoms with van der Waals surface area (Å²) in [4.78, 5) is 16.4. The molecule has 1 aliphatic rings. The monoisotopic (exact) mass is 367 g/mol. The Morgan fingerprint density at radius 2 is 1.73 bits per heavy atom. The molecule has 0 atom stereocenters. The molecule has 4 rings (SSSR count). The number of aromatic nitrogens is 1. The van der Waals surface area contributed by atoms with E-state index in [0.29, 0.717) is 27.3 Å². The maximum absolute atomic E-state index is 13.0. The first-order valence-electron chi connectivity index (χ1n) is 7.53. The van der Waals surface area contributed by atoms with Crippen molar-refractivity contribution in [2.75, 3.05) is 0 Å². The Kier molecular flexibility index (Phi) is 4.09. The van der Waals surface area contributed by atoms with Crippen LogP contribution in [0.5, 0.6) is 5.88 Å². The molecule has 26 heavy (non-hydrogen) atoms. The van der Waals surface area contributed by atoms with Crippen LogP contribution < -0.4 is 5.26 Å². The van der Waals surface area contributed by atoms with Crippen LogP contribution in [0.15, 0.2) is 53.4 Å². The van der Waals surface area contributed by atoms with Gasteiger partial charge in [-0.05, 0) is 17.7 Å². The maximum Gasteiger partial charge on any atom is 0.199 e. The second-order valence-electron chi connectivity index (χ2n) is 5.59. The Hall–Kier alpha value is -2.91. The smallest absolute Gasteiger partial charge is 0.199 e. The van der Waals surface area contributed by atoms with E-state index in [9.17, 15) is 15.2 Å². The van der Waals surface area contributed by atoms with Crippen molar-refractivity contribution >= 4 is 23.5 Å². The molecule has 1 aromatic heterocycles. The van der Waals surface area contributed by atoms with Crippen molar-refractivity contribution in [1.82, 2.24) is 4.98 Å². The first-order valence-corrected chi connectivity index (χ1v) is 8.27. The lowest BCUT2D eigenvalue weighted by Crippen LogP contribution is -2.19. The summed E-state index contributed by atoms with van der Waals surface area (Å²) in [7, 11) is 0. The zero-order valence-electron chi connectivity index (χ0n) is 13.1. The summed E-state index contributed by atoms with van der Waals surface area (Å²) in [6.07, 6.45) is 0. The van der Waals surface area contributed by atoms with Crippen molar-refractivity contribution in [2.45, 2.75) is 4.90 Å². The van der Waals surface area contributed by atoms with Crippen molar-refractivity contribution in [3.8, 4) is 17.1 Å². The summed E-state index contributed by atoms with van der Waals surface area (Å²) in [6, 6.07) is 13.6. The van der Waals surface area contributed by atoms with Crippen LogP contribution in [0.3, 0.4) is 0 Å². The number of hydrogen-bond donors (Lipinski definition) is 3. The van der Waals surface area contributed by atoms with Crippen LogP contribution in [0, 0.1) is 5.41 Å². The molecule has 3 aromatic rings. The van der Waals surface area contributed by atoms with Crippen molar-refractivity contribution < 1.29 is 24.5 Å². The van der Waals surface area contributed by atoms with Gasteiger partial charge in [-0.1, -0.05) is 36.4 Å². The molecule has 1 aliphatic carbocycles. The molecule has 0 aliphatic heterocycles. The normalized spacial score (nSPS) is 12.8. The van der Waals surface area contributed by atoms with Crippen molar-refractivity contribution in [2.24, 2.45) is 0 Å². The molecule has 0 bridgehead atoms. The molecule has 0 saturated heterocycles. The van der Waals surface area contributed by atoms with E-state index in [1.165, 1.54) is 0 Å². The maximum atomic E-state index is 13.0. The van der Waals surface area contributed by atoms with E-state index in [2.05, 4.69) is 14.4 Å². The molecule has 0 unspecified atom stereocenters. The van der Waals surface area contributed by atoms with Gasteiger partial charge in [-0.3, -0.25) is 15.2 Å². The van der Waals surface area contributed by atoms with Crippen LogP contribution in [0.2, 0.25) is 0 Å². The van der Waals surface area contributed by atoms with Gasteiger partial charge in [-0.2, -0.15) is 4.33 Å². The van der Waals surface area contributed by atoms with Gasteiger partial charge in [0.05, 0.1) is 34.6 Å². The summed E-state index contributed by atoms with van der Waals surface area (Å²) >= 11 is 0.755. The molecule has 2 aromatic carbocycles. The molecule has 0 spiro atoms. The predicted molar refractivity (Wildman–Crippen MR) is 91.7 cm³/mol. The van der Waals surface area contributed by atoms with Gasteiger partial charge in [0, 0.05) is 16.0 Å². The van der Waals surface area contributed by atoms with Crippen LogP contribution in [0.25, 0.3) is 11.3 Å². The fourth-order valence-electron chi connectivity index (χ4n) is 3.07. The highest BCUT2D eigenvalue weighted by Gasteiger charge is 2.34. The van der Waals surface area contributed by atoms with Crippen LogP contribution in [0.4, 0.5) is 0 Å². The number of ketones is 1. The minimum Gasteiger partial charge on any atom is -0.691 e. The minimum absolute atomic E-state index is 0.100. The van der Waals surface area contributed by atoms with Gasteiger partial charge in [-0.15, -0.1) is 0 Å². The average Bonchev–Trinajstić information content (AvgIpc) is 3.02. The lowest BCUT2D eigenvalue weighted by molar-refractivity contribution is -0.777. The van der Waals surface area contributed by atoms with Gasteiger partial charge in [0.15, 0.2) is 11.7 Å². The highest BCUT2D eigenvalue weighted by atomic mass is 32.2. The molecule has 0 amide bonds. The Morgan fingerprint density at radius 1 is 1.04 bits per heavy atom. The summed E-state index contributed by atoms with van der Waals surface area (Å²) < 4.78 is 4.26. The summed E-state index contributed by atoms with van der Waals surface area (Å²) in [6.45, 7) is 0. The minimum atomic E-state index is -0.250. The van der Waals surface area contributed by atoms with Crippen LogP contribution in [0.1, 0.15) is 27.0 Å². The number of benzene rings is 2. The van der Waals surface area contributed by atoms with Crippen molar-refractivity contribution in [3.05, 3.63) is 70.8 Å². The van der Waals surface area contributed by atoms with E-state index in [0.717, 1.165) is 12.0 Å². The molecule has 0 radical (unpaired) electrons. The third-order valence-electron chi connectivity index (χ3n) is 4.20. The summed E-state index contributed by atoms with van der Waals surface area (Å²) in [5.74, 6) is -0.468. The van der Waals surface area contributed by atoms with Gasteiger partial charge in [0.2, 0.25) is 0 Å². The number of carbonyl (C=O) groups is 1. The van der Waals surface area contributed by atoms with E-state index in [1.54, 1.807) is 48.5 Å². The molecule has 8 heteroatoms. The van der Waals surface area contributed by atoms with Gasteiger partial charge in [-0.25, -0.2) is 0 Å². The molecule has 1 heterocycles. The molecular weight excluding hydrogens is 356 g/mol. The number of H-pyrrole nitrogens is 1. The van der Waals surface area contributed by atoms with Crippen LogP contribution in [-0.2, 0) is 9.37 Å². The summed E-state index contributed by atoms with van der Waals surface area (Å²) in [5, 5.41) is 31.9. The third-order valence-corrected chi connectivity index (χ3v) is 4.79. The Labute approximate surface area is 151 Å². The first-order chi connectivity index (χ1) is 12.6. The number of carbonyl (C=O) groups excluding carboxylic acids is 1. The molecule has 130 valence electrons. The predicted octanol–water partition coefficient (Wildman–Crippen LogP) is 2.58. The zero-order valence-corrected chi connectivity index (χ0v) is 13.9. The average molecular weight is 367 g/mol. The Bertz CT molecular complexity index is 1030. The lowest BCUT2D eigenvalue weighted by atomic mass is 9.84. The topological polar surface area (TPSA) is 118 Å². The standard InChI is InChI=1S/C18H12N2O5S/c19-15-11-3-1-2-4-12(11)17(21)14-13(15)18(22)20-16(14)9-5-7-10(8-6-9)26-25-24-23/h1-8,19-20,22-23H/p-1. The van der Waals surface area contributed by atoms with E-state index in [-0.39, 0.29) is 28.5 Å². The lowest BCUT2D eigenvalue weighted by Gasteiger charge is -2.17. The SMILES string of the molecule is N=C1c2ccccc2C(=O)c2c(-c3ccc(SOO[O-])cc3)[nH]c(O)c21. The first kappa shape index (κ1) is 16.6. The highest BCUT2D eigenvalue weighted by Crippen LogP contribution is 2.39. The van der Waals surface area contributed by atoms with Crippen LogP contribution in [-0.4, -0.2) is 21.6 Å². The molecule has 0 fully saturated rings. The van der Waals surface area contributed by atoms with Gasteiger partial charge in [0.1, 0.15) is 0 Å². The number of nitrogens with one attached hydrogen (secondary N) is 2. The van der Waals surface area contributed by atoms with E-state index in [1.807, 2.05) is 0 Å². The fraction of sp³-hybridized carbons (Fsp3) is 0. The van der Waals surface area contributed by atoms with Gasteiger partial charge < -0.3 is 15.3 Å². The van der Waals surface area contributed by atoms with E-state index < -0.39 is 0 Å². The van der Waals surface area contributed by atoms with E-state index >= 15 is 0 Å². The zero-order chi connectivity index (χ0) is 18.3. The van der Waals surface area contributed by atoms with Gasteiger partial charge in [0.25, 0.3) is 0 Å². The second kappa shape index (κ2) is 6.43. The quantitative estimate of drug-likeness (QED) is 0.290. The fourth-order valence-corrected chi connectivity index (χ4v) is 3.43.